The van der Waals surface area contributed by atoms with Crippen molar-refractivity contribution in [2.75, 3.05) is 13.1 Å². The third-order valence-corrected chi connectivity index (χ3v) is 8.80. The first-order valence-corrected chi connectivity index (χ1v) is 11.2. The minimum Gasteiger partial charge on any atom is -0.371 e. The second-order valence-electron chi connectivity index (χ2n) is 8.80. The molecule has 1 heterocycles. The van der Waals surface area contributed by atoms with E-state index in [0.29, 0.717) is 30.2 Å². The molecule has 5 heteroatoms. The molecule has 5 rings (SSSR count). The van der Waals surface area contributed by atoms with Crippen LogP contribution in [0.15, 0.2) is 18.2 Å². The summed E-state index contributed by atoms with van der Waals surface area (Å²) in [7, 11) is -3.58. The summed E-state index contributed by atoms with van der Waals surface area (Å²) >= 11 is 0. The molecule has 25 heavy (non-hydrogen) atoms. The number of nitrogens with zero attached hydrogens (tertiary/aromatic N) is 1. The molecule has 4 nitrogen and oxygen atoms in total. The Balaban J connectivity index is 1.41. The Morgan fingerprint density at radius 1 is 1.16 bits per heavy atom. The molecule has 0 bridgehead atoms. The van der Waals surface area contributed by atoms with Crippen molar-refractivity contribution in [2.24, 2.45) is 17.3 Å². The van der Waals surface area contributed by atoms with Gasteiger partial charge in [0.25, 0.3) is 0 Å². The van der Waals surface area contributed by atoms with Gasteiger partial charge in [0.05, 0.1) is 0 Å². The summed E-state index contributed by atoms with van der Waals surface area (Å²) < 4.78 is 30.7. The summed E-state index contributed by atoms with van der Waals surface area (Å²) in [4.78, 5) is 0. The maximum absolute atomic E-state index is 12.0. The van der Waals surface area contributed by atoms with Crippen molar-refractivity contribution >= 4 is 10.3 Å². The quantitative estimate of drug-likeness (QED) is 0.768. The van der Waals surface area contributed by atoms with E-state index in [9.17, 15) is 8.42 Å². The van der Waals surface area contributed by atoms with Crippen LogP contribution in [0.4, 0.5) is 0 Å². The van der Waals surface area contributed by atoms with Gasteiger partial charge in [-0.3, -0.25) is 0 Å². The van der Waals surface area contributed by atoms with Gasteiger partial charge < -0.3 is 4.18 Å². The van der Waals surface area contributed by atoms with E-state index < -0.39 is 10.3 Å². The van der Waals surface area contributed by atoms with Crippen molar-refractivity contribution in [2.45, 2.75) is 57.8 Å². The Bertz CT molecular complexity index is 801. The Morgan fingerprint density at radius 2 is 2.00 bits per heavy atom. The fourth-order valence-corrected chi connectivity index (χ4v) is 7.02. The van der Waals surface area contributed by atoms with Gasteiger partial charge >= 0.3 is 10.3 Å². The molecule has 2 saturated carbocycles. The molecular formula is C20H27NO3S. The SMILES string of the molecule is C[C@@]12CCCC1C1CCc3cc(OS(=O)(=O)N4CC4)ccc3C1CC2. The zero-order valence-electron chi connectivity index (χ0n) is 14.9. The normalized spacial score (nSPS) is 37.1. The second kappa shape index (κ2) is 5.46. The molecule has 0 amide bonds. The zero-order chi connectivity index (χ0) is 17.2. The van der Waals surface area contributed by atoms with Crippen molar-refractivity contribution in [3.05, 3.63) is 29.3 Å². The largest absolute Gasteiger partial charge is 0.385 e. The fraction of sp³-hybridized carbons (Fsp3) is 0.700. The first-order valence-electron chi connectivity index (χ1n) is 9.79. The number of benzene rings is 1. The smallest absolute Gasteiger partial charge is 0.371 e. The van der Waals surface area contributed by atoms with E-state index in [1.807, 2.05) is 12.1 Å². The Morgan fingerprint density at radius 3 is 2.80 bits per heavy atom. The molecule has 0 spiro atoms. The van der Waals surface area contributed by atoms with Gasteiger partial charge in [0, 0.05) is 13.1 Å². The van der Waals surface area contributed by atoms with E-state index in [0.717, 1.165) is 18.3 Å². The molecule has 1 aromatic carbocycles. The van der Waals surface area contributed by atoms with Gasteiger partial charge in [0.1, 0.15) is 5.75 Å². The van der Waals surface area contributed by atoms with E-state index in [2.05, 4.69) is 13.0 Å². The lowest BCUT2D eigenvalue weighted by atomic mass is 9.56. The van der Waals surface area contributed by atoms with Crippen LogP contribution in [0.2, 0.25) is 0 Å². The lowest BCUT2D eigenvalue weighted by Gasteiger charge is -2.49. The maximum atomic E-state index is 12.0. The molecule has 4 aliphatic rings. The summed E-state index contributed by atoms with van der Waals surface area (Å²) in [6.07, 6.45) is 9.16. The molecule has 0 N–H and O–H groups in total. The average Bonchev–Trinajstić information content (AvgIpc) is 3.36. The van der Waals surface area contributed by atoms with Gasteiger partial charge in [-0.05, 0) is 85.0 Å². The summed E-state index contributed by atoms with van der Waals surface area (Å²) in [6, 6.07) is 6.00. The topological polar surface area (TPSA) is 46.4 Å². The molecule has 0 aromatic heterocycles. The van der Waals surface area contributed by atoms with E-state index in [-0.39, 0.29) is 0 Å². The number of fused-ring (bicyclic) bond motifs is 5. The van der Waals surface area contributed by atoms with Crippen LogP contribution in [0, 0.1) is 17.3 Å². The van der Waals surface area contributed by atoms with Crippen molar-refractivity contribution < 1.29 is 12.6 Å². The van der Waals surface area contributed by atoms with Gasteiger partial charge in [0.2, 0.25) is 0 Å². The Kier molecular flexibility index (Phi) is 3.52. The molecule has 3 aliphatic carbocycles. The third kappa shape index (κ3) is 2.62. The highest BCUT2D eigenvalue weighted by molar-refractivity contribution is 7.84. The van der Waals surface area contributed by atoms with Crippen LogP contribution in [0.3, 0.4) is 0 Å². The van der Waals surface area contributed by atoms with Crippen LogP contribution in [0.25, 0.3) is 0 Å². The highest BCUT2D eigenvalue weighted by Gasteiger charge is 2.50. The van der Waals surface area contributed by atoms with Crippen molar-refractivity contribution in [1.29, 1.82) is 0 Å². The third-order valence-electron chi connectivity index (χ3n) is 7.40. The van der Waals surface area contributed by atoms with Gasteiger partial charge in [-0.2, -0.15) is 12.7 Å². The monoisotopic (exact) mass is 361 g/mol. The van der Waals surface area contributed by atoms with Crippen molar-refractivity contribution in [1.82, 2.24) is 4.31 Å². The highest BCUT2D eigenvalue weighted by Crippen LogP contribution is 2.60. The van der Waals surface area contributed by atoms with Gasteiger partial charge in [-0.1, -0.05) is 19.4 Å². The van der Waals surface area contributed by atoms with Crippen LogP contribution in [-0.4, -0.2) is 25.8 Å². The van der Waals surface area contributed by atoms with E-state index in [1.54, 1.807) is 0 Å². The number of rotatable bonds is 3. The standard InChI is InChI=1S/C20H27NO3S/c1-20-9-2-3-19(20)18-6-4-14-13-15(24-25(22,23)21-11-12-21)5-7-16(14)17(18)8-10-20/h5,7,13,17-19H,2-4,6,8-12H2,1H3/t17?,18?,19?,20-/m0/s1. The summed E-state index contributed by atoms with van der Waals surface area (Å²) in [5, 5.41) is 0. The molecule has 3 unspecified atom stereocenters. The zero-order valence-corrected chi connectivity index (χ0v) is 15.7. The molecule has 4 atom stereocenters. The molecule has 136 valence electrons. The average molecular weight is 362 g/mol. The van der Waals surface area contributed by atoms with Crippen LogP contribution in [-0.2, 0) is 16.7 Å². The molecular weight excluding hydrogens is 334 g/mol. The first kappa shape index (κ1) is 16.1. The number of hydrogen-bond acceptors (Lipinski definition) is 3. The Hall–Kier alpha value is -1.07. The minimum atomic E-state index is -3.58. The minimum absolute atomic E-state index is 0.477. The summed E-state index contributed by atoms with van der Waals surface area (Å²) in [5.74, 6) is 2.85. The predicted octanol–water partition coefficient (Wildman–Crippen LogP) is 3.87. The lowest BCUT2D eigenvalue weighted by molar-refractivity contribution is 0.0598. The predicted molar refractivity (Wildman–Crippen MR) is 96.8 cm³/mol. The van der Waals surface area contributed by atoms with Crippen LogP contribution in [0.1, 0.15) is 62.5 Å². The Labute approximate surface area is 150 Å². The van der Waals surface area contributed by atoms with Gasteiger partial charge in [-0.15, -0.1) is 0 Å². The van der Waals surface area contributed by atoms with E-state index in [1.165, 1.54) is 54.0 Å². The first-order chi connectivity index (χ1) is 12.0. The molecule has 1 aliphatic heterocycles. The van der Waals surface area contributed by atoms with E-state index >= 15 is 0 Å². The summed E-state index contributed by atoms with van der Waals surface area (Å²) in [5.41, 5.74) is 3.34. The molecule has 1 aromatic rings. The van der Waals surface area contributed by atoms with Gasteiger partial charge in [0.15, 0.2) is 0 Å². The number of hydrogen-bond donors (Lipinski definition) is 0. The molecule has 1 saturated heterocycles. The maximum Gasteiger partial charge on any atom is 0.385 e. The molecule has 3 fully saturated rings. The lowest BCUT2D eigenvalue weighted by Crippen LogP contribution is -2.39. The van der Waals surface area contributed by atoms with Crippen LogP contribution >= 0.6 is 0 Å². The highest BCUT2D eigenvalue weighted by atomic mass is 32.2. The van der Waals surface area contributed by atoms with Crippen molar-refractivity contribution in [3.8, 4) is 5.75 Å². The van der Waals surface area contributed by atoms with Crippen LogP contribution in [0.5, 0.6) is 5.75 Å². The fourth-order valence-electron chi connectivity index (χ4n) is 6.04. The second-order valence-corrected chi connectivity index (χ2v) is 10.3. The molecule has 0 radical (unpaired) electrons. The number of aryl methyl sites for hydroxylation is 1. The summed E-state index contributed by atoms with van der Waals surface area (Å²) in [6.45, 7) is 3.68. The van der Waals surface area contributed by atoms with E-state index in [4.69, 9.17) is 4.18 Å². The van der Waals surface area contributed by atoms with Gasteiger partial charge in [-0.25, -0.2) is 0 Å². The van der Waals surface area contributed by atoms with Crippen molar-refractivity contribution in [3.63, 3.8) is 0 Å². The van der Waals surface area contributed by atoms with Crippen LogP contribution < -0.4 is 4.18 Å².